The van der Waals surface area contributed by atoms with Gasteiger partial charge in [-0.05, 0) is 57.2 Å². The molecule has 1 N–H and O–H groups in total. The third kappa shape index (κ3) is 4.13. The van der Waals surface area contributed by atoms with Crippen LogP contribution in [-0.4, -0.2) is 36.9 Å². The summed E-state index contributed by atoms with van der Waals surface area (Å²) in [6, 6.07) is 6.30. The number of benzene rings is 1. The molecule has 1 saturated heterocycles. The summed E-state index contributed by atoms with van der Waals surface area (Å²) in [6.07, 6.45) is 4.77. The normalized spacial score (nSPS) is 21.8. The van der Waals surface area contributed by atoms with Crippen LogP contribution in [0.4, 0.5) is 4.39 Å². The van der Waals surface area contributed by atoms with Gasteiger partial charge in [0.25, 0.3) is 0 Å². The monoisotopic (exact) mass is 449 g/mol. The molecule has 1 atom stereocenters. The minimum absolute atomic E-state index is 0.0899. The Kier molecular flexibility index (Phi) is 5.91. The topological polar surface area (TPSA) is 92.5 Å². The van der Waals surface area contributed by atoms with E-state index in [-0.39, 0.29) is 28.9 Å². The Balaban J connectivity index is 1.53. The van der Waals surface area contributed by atoms with E-state index < -0.39 is 21.5 Å². The molecule has 1 saturated carbocycles. The fourth-order valence-electron chi connectivity index (χ4n) is 4.92. The number of hydrogen-bond donors (Lipinski definition) is 1. The lowest BCUT2D eigenvalue weighted by molar-refractivity contribution is -0.128. The molecule has 1 aromatic heterocycles. The lowest BCUT2D eigenvalue weighted by atomic mass is 9.86. The zero-order chi connectivity index (χ0) is 22.2. The minimum Gasteiger partial charge on any atom is -0.360 e. The fourth-order valence-corrected chi connectivity index (χ4v) is 6.73. The summed E-state index contributed by atoms with van der Waals surface area (Å²) in [5.41, 5.74) is 0.703. The van der Waals surface area contributed by atoms with Gasteiger partial charge in [0.1, 0.15) is 16.4 Å². The van der Waals surface area contributed by atoms with E-state index in [1.165, 1.54) is 16.4 Å². The summed E-state index contributed by atoms with van der Waals surface area (Å²) >= 11 is 0. The Hall–Kier alpha value is -2.26. The molecule has 7 nitrogen and oxygen atoms in total. The maximum absolute atomic E-state index is 13.4. The molecular formula is C22H28FN3O4S. The van der Waals surface area contributed by atoms with E-state index in [1.807, 2.05) is 0 Å². The van der Waals surface area contributed by atoms with Gasteiger partial charge in [0.2, 0.25) is 15.9 Å². The molecule has 1 amide bonds. The maximum Gasteiger partial charge on any atom is 0.248 e. The van der Waals surface area contributed by atoms with Crippen LogP contribution in [0.3, 0.4) is 0 Å². The van der Waals surface area contributed by atoms with Crippen LogP contribution < -0.4 is 5.32 Å². The lowest BCUT2D eigenvalue weighted by Crippen LogP contribution is -2.51. The zero-order valence-electron chi connectivity index (χ0n) is 17.9. The second-order valence-corrected chi connectivity index (χ2v) is 10.5. The Morgan fingerprint density at radius 2 is 1.87 bits per heavy atom. The number of halogens is 1. The first-order valence-electron chi connectivity index (χ1n) is 10.7. The second-order valence-electron chi connectivity index (χ2n) is 8.64. The van der Waals surface area contributed by atoms with Crippen molar-refractivity contribution in [3.8, 4) is 0 Å². The number of sulfonamides is 1. The van der Waals surface area contributed by atoms with Crippen LogP contribution in [0.15, 0.2) is 33.7 Å². The van der Waals surface area contributed by atoms with Crippen LogP contribution in [0.5, 0.6) is 0 Å². The number of nitrogens with zero attached hydrogens (tertiary/aromatic N) is 2. The average molecular weight is 450 g/mol. The number of carbonyl (C=O) groups excluding carboxylic acids is 1. The molecule has 9 heteroatoms. The summed E-state index contributed by atoms with van der Waals surface area (Å²) in [5.74, 6) is -0.646. The second kappa shape index (κ2) is 8.35. The van der Waals surface area contributed by atoms with Gasteiger partial charge in [0, 0.05) is 13.1 Å². The van der Waals surface area contributed by atoms with Crippen LogP contribution in [0.1, 0.15) is 55.5 Å². The minimum atomic E-state index is -3.79. The molecule has 2 aliphatic rings. The van der Waals surface area contributed by atoms with Crippen molar-refractivity contribution < 1.29 is 22.1 Å². The highest BCUT2D eigenvalue weighted by atomic mass is 32.2. The molecule has 0 radical (unpaired) electrons. The molecule has 4 rings (SSSR count). The molecule has 1 aliphatic carbocycles. The third-order valence-electron chi connectivity index (χ3n) is 6.54. The first kappa shape index (κ1) is 22.0. The van der Waals surface area contributed by atoms with Crippen molar-refractivity contribution in [2.24, 2.45) is 5.92 Å². The summed E-state index contributed by atoms with van der Waals surface area (Å²) in [4.78, 5) is 13.3. The molecule has 0 bridgehead atoms. The molecular weight excluding hydrogens is 421 g/mol. The predicted octanol–water partition coefficient (Wildman–Crippen LogP) is 3.42. The van der Waals surface area contributed by atoms with E-state index in [0.717, 1.165) is 31.2 Å². The number of aryl methyl sites for hydroxylation is 2. The van der Waals surface area contributed by atoms with E-state index in [2.05, 4.69) is 10.5 Å². The number of hydrogen-bond acceptors (Lipinski definition) is 5. The van der Waals surface area contributed by atoms with Gasteiger partial charge in [0.05, 0.1) is 11.5 Å². The smallest absolute Gasteiger partial charge is 0.248 e. The molecule has 2 aromatic rings. The van der Waals surface area contributed by atoms with Crippen molar-refractivity contribution in [1.29, 1.82) is 0 Å². The zero-order valence-corrected chi connectivity index (χ0v) is 18.7. The molecule has 0 spiro atoms. The van der Waals surface area contributed by atoms with Crippen LogP contribution in [-0.2, 0) is 20.4 Å². The van der Waals surface area contributed by atoms with E-state index in [9.17, 15) is 17.6 Å². The van der Waals surface area contributed by atoms with Crippen molar-refractivity contribution in [1.82, 2.24) is 14.8 Å². The van der Waals surface area contributed by atoms with Crippen LogP contribution in [0, 0.1) is 25.6 Å². The number of nitrogens with one attached hydrogen (secondary N) is 1. The van der Waals surface area contributed by atoms with E-state index in [1.54, 1.807) is 26.0 Å². The van der Waals surface area contributed by atoms with Gasteiger partial charge in [-0.25, -0.2) is 12.8 Å². The number of aromatic nitrogens is 1. The van der Waals surface area contributed by atoms with Crippen molar-refractivity contribution in [2.75, 3.05) is 13.1 Å². The van der Waals surface area contributed by atoms with E-state index in [4.69, 9.17) is 4.52 Å². The molecule has 0 unspecified atom stereocenters. The predicted molar refractivity (Wildman–Crippen MR) is 112 cm³/mol. The molecule has 2 heterocycles. The summed E-state index contributed by atoms with van der Waals surface area (Å²) in [7, 11) is -3.79. The molecule has 168 valence electrons. The average Bonchev–Trinajstić information content (AvgIpc) is 3.35. The molecule has 2 fully saturated rings. The number of carbonyl (C=O) groups is 1. The van der Waals surface area contributed by atoms with Crippen molar-refractivity contribution in [3.05, 3.63) is 47.1 Å². The van der Waals surface area contributed by atoms with Crippen LogP contribution in [0.2, 0.25) is 0 Å². The number of piperidine rings is 1. The standard InChI is InChI=1S/C22H28FN3O4S/c1-15-20(16(2)30-25-15)31(28,29)26-13-5-6-17(14-26)21(27)24-22(11-3-4-12-22)18-7-9-19(23)10-8-18/h7-10,17H,3-6,11-14H2,1-2H3,(H,24,27)/t17-/m1/s1. The van der Waals surface area contributed by atoms with Crippen LogP contribution in [0.25, 0.3) is 0 Å². The molecule has 31 heavy (non-hydrogen) atoms. The van der Waals surface area contributed by atoms with Crippen molar-refractivity contribution >= 4 is 15.9 Å². The summed E-state index contributed by atoms with van der Waals surface area (Å²) in [6.45, 7) is 3.66. The Morgan fingerprint density at radius 3 is 2.48 bits per heavy atom. The SMILES string of the molecule is Cc1noc(C)c1S(=O)(=O)N1CCC[C@@H](C(=O)NC2(c3ccc(F)cc3)CCCC2)C1. The largest absolute Gasteiger partial charge is 0.360 e. The van der Waals surface area contributed by atoms with Gasteiger partial charge in [-0.1, -0.05) is 30.1 Å². The Morgan fingerprint density at radius 1 is 1.19 bits per heavy atom. The molecule has 1 aliphatic heterocycles. The van der Waals surface area contributed by atoms with Gasteiger partial charge >= 0.3 is 0 Å². The maximum atomic E-state index is 13.4. The summed E-state index contributed by atoms with van der Waals surface area (Å²) in [5, 5.41) is 6.98. The highest BCUT2D eigenvalue weighted by Crippen LogP contribution is 2.39. The first-order chi connectivity index (χ1) is 14.7. The van der Waals surface area contributed by atoms with Gasteiger partial charge in [0.15, 0.2) is 5.76 Å². The van der Waals surface area contributed by atoms with E-state index >= 15 is 0 Å². The third-order valence-corrected chi connectivity index (χ3v) is 8.65. The number of rotatable bonds is 5. The van der Waals surface area contributed by atoms with Crippen molar-refractivity contribution in [3.63, 3.8) is 0 Å². The van der Waals surface area contributed by atoms with Crippen molar-refractivity contribution in [2.45, 2.75) is 62.8 Å². The Bertz CT molecular complexity index is 1040. The lowest BCUT2D eigenvalue weighted by Gasteiger charge is -2.36. The molecule has 1 aromatic carbocycles. The fraction of sp³-hybridized carbons (Fsp3) is 0.545. The highest BCUT2D eigenvalue weighted by Gasteiger charge is 2.41. The first-order valence-corrected chi connectivity index (χ1v) is 12.2. The van der Waals surface area contributed by atoms with Gasteiger partial charge in [-0.2, -0.15) is 4.31 Å². The quantitative estimate of drug-likeness (QED) is 0.755. The van der Waals surface area contributed by atoms with Gasteiger partial charge < -0.3 is 9.84 Å². The Labute approximate surface area is 182 Å². The van der Waals surface area contributed by atoms with E-state index in [0.29, 0.717) is 25.1 Å². The summed E-state index contributed by atoms with van der Waals surface area (Å²) < 4.78 is 46.2. The van der Waals surface area contributed by atoms with Gasteiger partial charge in [-0.15, -0.1) is 0 Å². The van der Waals surface area contributed by atoms with Gasteiger partial charge in [-0.3, -0.25) is 4.79 Å². The highest BCUT2D eigenvalue weighted by molar-refractivity contribution is 7.89. The number of amides is 1. The van der Waals surface area contributed by atoms with Crippen LogP contribution >= 0.6 is 0 Å².